The van der Waals surface area contributed by atoms with Crippen molar-refractivity contribution in [3.63, 3.8) is 0 Å². The molecule has 3 rings (SSSR count). The number of fused-ring (bicyclic) bond motifs is 1. The molecule has 2 fully saturated rings. The Morgan fingerprint density at radius 3 is 3.00 bits per heavy atom. The van der Waals surface area contributed by atoms with Gasteiger partial charge in [0.15, 0.2) is 0 Å². The second-order valence-electron chi connectivity index (χ2n) is 5.98. The molecule has 1 aliphatic carbocycles. The molecule has 1 aliphatic heterocycles. The summed E-state index contributed by atoms with van der Waals surface area (Å²) >= 11 is 0. The summed E-state index contributed by atoms with van der Waals surface area (Å²) in [6, 6.07) is 8.17. The van der Waals surface area contributed by atoms with Gasteiger partial charge >= 0.3 is 0 Å². The Hall–Kier alpha value is -1.35. The van der Waals surface area contributed by atoms with Gasteiger partial charge in [-0.05, 0) is 55.8 Å². The minimum absolute atomic E-state index is 0.0259. The van der Waals surface area contributed by atoms with Gasteiger partial charge in [-0.1, -0.05) is 18.6 Å². The maximum atomic E-state index is 12.7. The molecule has 1 aromatic carbocycles. The number of nitrogens with one attached hydrogen (secondary N) is 1. The van der Waals surface area contributed by atoms with Gasteiger partial charge in [0.1, 0.15) is 0 Å². The summed E-state index contributed by atoms with van der Waals surface area (Å²) in [5.41, 5.74) is 2.18. The second-order valence-corrected chi connectivity index (χ2v) is 5.98. The van der Waals surface area contributed by atoms with E-state index in [0.29, 0.717) is 5.92 Å². The lowest BCUT2D eigenvalue weighted by Crippen LogP contribution is -2.44. The smallest absolute Gasteiger partial charge is 0.244 e. The van der Waals surface area contributed by atoms with E-state index in [9.17, 15) is 4.79 Å². The number of rotatable bonds is 2. The molecule has 3 atom stereocenters. The van der Waals surface area contributed by atoms with Crippen molar-refractivity contribution >= 4 is 11.6 Å². The summed E-state index contributed by atoms with van der Waals surface area (Å²) in [6.45, 7) is 3.07. The number of likely N-dealkylation sites (N-methyl/N-ethyl adjacent to an activating group) is 1. The number of benzene rings is 1. The van der Waals surface area contributed by atoms with Crippen molar-refractivity contribution in [3.8, 4) is 0 Å². The molecule has 19 heavy (non-hydrogen) atoms. The highest BCUT2D eigenvalue weighted by molar-refractivity contribution is 5.97. The highest BCUT2D eigenvalue weighted by Gasteiger charge is 2.43. The van der Waals surface area contributed by atoms with Crippen LogP contribution in [0.25, 0.3) is 0 Å². The lowest BCUT2D eigenvalue weighted by atomic mass is 9.93. The Kier molecular flexibility index (Phi) is 3.31. The quantitative estimate of drug-likeness (QED) is 0.883. The number of aryl methyl sites for hydroxylation is 1. The van der Waals surface area contributed by atoms with E-state index in [2.05, 4.69) is 24.4 Å². The second kappa shape index (κ2) is 4.97. The molecule has 3 heteroatoms. The van der Waals surface area contributed by atoms with Gasteiger partial charge in [-0.2, -0.15) is 0 Å². The van der Waals surface area contributed by atoms with Crippen molar-refractivity contribution in [3.05, 3.63) is 29.8 Å². The van der Waals surface area contributed by atoms with Crippen molar-refractivity contribution in [2.75, 3.05) is 18.5 Å². The summed E-state index contributed by atoms with van der Waals surface area (Å²) in [7, 11) is 1.89. The Labute approximate surface area is 115 Å². The molecule has 0 aromatic heterocycles. The van der Waals surface area contributed by atoms with Crippen LogP contribution in [0.5, 0.6) is 0 Å². The van der Waals surface area contributed by atoms with E-state index in [1.165, 1.54) is 24.8 Å². The highest BCUT2D eigenvalue weighted by atomic mass is 16.2. The maximum absolute atomic E-state index is 12.7. The number of hydrogen-bond donors (Lipinski definition) is 1. The van der Waals surface area contributed by atoms with Crippen molar-refractivity contribution in [2.24, 2.45) is 11.8 Å². The van der Waals surface area contributed by atoms with Crippen LogP contribution in [0.1, 0.15) is 24.8 Å². The van der Waals surface area contributed by atoms with E-state index in [1.54, 1.807) is 0 Å². The van der Waals surface area contributed by atoms with Crippen LogP contribution in [0.15, 0.2) is 24.3 Å². The van der Waals surface area contributed by atoms with Crippen LogP contribution in [0.3, 0.4) is 0 Å². The zero-order valence-electron chi connectivity index (χ0n) is 11.7. The van der Waals surface area contributed by atoms with Gasteiger partial charge in [-0.3, -0.25) is 4.79 Å². The molecule has 3 nitrogen and oxygen atoms in total. The average molecular weight is 258 g/mol. The van der Waals surface area contributed by atoms with Crippen molar-refractivity contribution in [2.45, 2.75) is 32.2 Å². The van der Waals surface area contributed by atoms with Crippen LogP contribution < -0.4 is 10.2 Å². The van der Waals surface area contributed by atoms with E-state index in [4.69, 9.17) is 0 Å². The molecule has 0 bridgehead atoms. The van der Waals surface area contributed by atoms with Crippen LogP contribution in [-0.2, 0) is 4.79 Å². The minimum atomic E-state index is 0.0259. The van der Waals surface area contributed by atoms with Crippen LogP contribution in [0, 0.1) is 18.8 Å². The topological polar surface area (TPSA) is 32.3 Å². The largest absolute Gasteiger partial charge is 0.314 e. The summed E-state index contributed by atoms with van der Waals surface area (Å²) < 4.78 is 0. The SMILES string of the molecule is Cc1cccc(N(C)C(=O)[C@H]2NC[C@@H]3CCC[C@@H]32)c1. The Bertz CT molecular complexity index is 485. The van der Waals surface area contributed by atoms with Gasteiger partial charge in [0.05, 0.1) is 6.04 Å². The van der Waals surface area contributed by atoms with Crippen molar-refractivity contribution in [1.82, 2.24) is 5.32 Å². The van der Waals surface area contributed by atoms with Gasteiger partial charge in [-0.25, -0.2) is 0 Å². The molecule has 1 saturated carbocycles. The lowest BCUT2D eigenvalue weighted by molar-refractivity contribution is -0.120. The molecule has 0 radical (unpaired) electrons. The predicted molar refractivity (Wildman–Crippen MR) is 77.2 cm³/mol. The molecule has 0 spiro atoms. The third-order valence-electron chi connectivity index (χ3n) is 4.73. The molecule has 1 saturated heterocycles. The van der Waals surface area contributed by atoms with Gasteiger partial charge in [0, 0.05) is 12.7 Å². The fraction of sp³-hybridized carbons (Fsp3) is 0.562. The van der Waals surface area contributed by atoms with Gasteiger partial charge in [0.25, 0.3) is 0 Å². The van der Waals surface area contributed by atoms with E-state index in [-0.39, 0.29) is 11.9 Å². The predicted octanol–water partition coefficient (Wildman–Crippen LogP) is 2.35. The summed E-state index contributed by atoms with van der Waals surface area (Å²) in [4.78, 5) is 14.5. The van der Waals surface area contributed by atoms with Gasteiger partial charge in [0.2, 0.25) is 5.91 Å². The first kappa shape index (κ1) is 12.7. The van der Waals surface area contributed by atoms with Crippen molar-refractivity contribution in [1.29, 1.82) is 0 Å². The number of nitrogens with zero attached hydrogens (tertiary/aromatic N) is 1. The fourth-order valence-electron chi connectivity index (χ4n) is 3.63. The third kappa shape index (κ3) is 2.27. The molecule has 2 aliphatic rings. The fourth-order valence-corrected chi connectivity index (χ4v) is 3.63. The number of carbonyl (C=O) groups excluding carboxylic acids is 1. The normalized spacial score (nSPS) is 29.3. The van der Waals surface area contributed by atoms with Crippen LogP contribution >= 0.6 is 0 Å². The molecular formula is C16H22N2O. The zero-order chi connectivity index (χ0) is 13.4. The number of hydrogen-bond acceptors (Lipinski definition) is 2. The van der Waals surface area contributed by atoms with Crippen LogP contribution in [0.4, 0.5) is 5.69 Å². The first-order valence-electron chi connectivity index (χ1n) is 7.24. The minimum Gasteiger partial charge on any atom is -0.314 e. The monoisotopic (exact) mass is 258 g/mol. The van der Waals surface area contributed by atoms with Crippen LogP contribution in [-0.4, -0.2) is 25.5 Å². The van der Waals surface area contributed by atoms with Crippen LogP contribution in [0.2, 0.25) is 0 Å². The molecule has 1 amide bonds. The van der Waals surface area contributed by atoms with E-state index in [0.717, 1.165) is 18.2 Å². The highest BCUT2D eigenvalue weighted by Crippen LogP contribution is 2.38. The number of anilines is 1. The Balaban J connectivity index is 1.76. The van der Waals surface area contributed by atoms with E-state index >= 15 is 0 Å². The first-order chi connectivity index (χ1) is 9.16. The van der Waals surface area contributed by atoms with Gasteiger partial charge < -0.3 is 10.2 Å². The Morgan fingerprint density at radius 1 is 1.37 bits per heavy atom. The third-order valence-corrected chi connectivity index (χ3v) is 4.73. The van der Waals surface area contributed by atoms with E-state index < -0.39 is 0 Å². The zero-order valence-corrected chi connectivity index (χ0v) is 11.7. The van der Waals surface area contributed by atoms with E-state index in [1.807, 2.05) is 24.1 Å². The molecule has 1 aromatic rings. The number of amides is 1. The maximum Gasteiger partial charge on any atom is 0.244 e. The Morgan fingerprint density at radius 2 is 2.21 bits per heavy atom. The summed E-state index contributed by atoms with van der Waals surface area (Å²) in [5.74, 6) is 1.50. The van der Waals surface area contributed by atoms with Gasteiger partial charge in [-0.15, -0.1) is 0 Å². The lowest BCUT2D eigenvalue weighted by Gasteiger charge is -2.25. The molecule has 102 valence electrons. The average Bonchev–Trinajstić information content (AvgIpc) is 2.99. The molecule has 0 unspecified atom stereocenters. The molecule has 1 N–H and O–H groups in total. The number of carbonyl (C=O) groups is 1. The molecular weight excluding hydrogens is 236 g/mol. The standard InChI is InChI=1S/C16H22N2O/c1-11-5-3-7-13(9-11)18(2)16(19)15-14-8-4-6-12(14)10-17-15/h3,5,7,9,12,14-15,17H,4,6,8,10H2,1-2H3/t12-,14-,15-/m0/s1. The summed E-state index contributed by atoms with van der Waals surface area (Å²) in [5, 5.41) is 3.43. The van der Waals surface area contributed by atoms with Crippen molar-refractivity contribution < 1.29 is 4.79 Å². The first-order valence-corrected chi connectivity index (χ1v) is 7.24. The molecule has 1 heterocycles. The summed E-state index contributed by atoms with van der Waals surface area (Å²) in [6.07, 6.45) is 3.78.